The van der Waals surface area contributed by atoms with Crippen molar-refractivity contribution in [3.8, 4) is 0 Å². The monoisotopic (exact) mass is 632 g/mol. The zero-order valence-corrected chi connectivity index (χ0v) is 27.1. The van der Waals surface area contributed by atoms with E-state index in [1.165, 1.54) is 87.7 Å². The third kappa shape index (κ3) is 3.42. The molecule has 2 unspecified atom stereocenters. The molecular weight excluding hydrogens is 605 g/mol. The van der Waals surface area contributed by atoms with E-state index in [1.807, 2.05) is 0 Å². The summed E-state index contributed by atoms with van der Waals surface area (Å²) in [5.41, 5.74) is 14.6. The minimum Gasteiger partial charge on any atom is -0.252 e. The highest BCUT2D eigenvalue weighted by atomic mass is 14.9. The summed E-state index contributed by atoms with van der Waals surface area (Å²) in [6.07, 6.45) is 18.2. The van der Waals surface area contributed by atoms with Crippen molar-refractivity contribution >= 4 is 65.7 Å². The molecule has 2 atom stereocenters. The molecule has 6 aromatic carbocycles. The molecule has 2 heteroatoms. The maximum atomic E-state index is 5.54. The number of fused-ring (bicyclic) bond motifs is 6. The summed E-state index contributed by atoms with van der Waals surface area (Å²) in [4.78, 5) is 11.1. The molecule has 2 heterocycles. The van der Waals surface area contributed by atoms with Crippen molar-refractivity contribution < 1.29 is 0 Å². The molecule has 0 aromatic heterocycles. The highest BCUT2D eigenvalue weighted by Crippen LogP contribution is 2.57. The van der Waals surface area contributed by atoms with E-state index < -0.39 is 0 Å². The molecule has 6 aromatic rings. The summed E-state index contributed by atoms with van der Waals surface area (Å²) in [5.74, 6) is 0.0979. The lowest BCUT2D eigenvalue weighted by Crippen LogP contribution is -2.37. The Morgan fingerprint density at radius 3 is 1.28 bits per heavy atom. The van der Waals surface area contributed by atoms with Gasteiger partial charge < -0.3 is 0 Å². The van der Waals surface area contributed by atoms with Gasteiger partial charge in [-0.05, 0) is 124 Å². The Hall–Kier alpha value is -6.38. The largest absolute Gasteiger partial charge is 0.252 e. The van der Waals surface area contributed by atoms with Gasteiger partial charge in [-0.2, -0.15) is 0 Å². The molecule has 0 N–H and O–H groups in total. The Kier molecular flexibility index (Phi) is 5.11. The molecule has 0 saturated heterocycles. The average molecular weight is 633 g/mol. The number of aliphatic imine (C=N–C) groups is 2. The lowest BCUT2D eigenvalue weighted by Gasteiger charge is -2.44. The topological polar surface area (TPSA) is 24.7 Å². The predicted molar refractivity (Wildman–Crippen MR) is 209 cm³/mol. The van der Waals surface area contributed by atoms with Crippen LogP contribution in [0.3, 0.4) is 0 Å². The van der Waals surface area contributed by atoms with Crippen LogP contribution in [0.1, 0.15) is 11.1 Å². The lowest BCUT2D eigenvalue weighted by atomic mass is 9.62. The van der Waals surface area contributed by atoms with E-state index in [-0.39, 0.29) is 11.8 Å². The number of nitrogens with zero attached hydrogens (tertiary/aromatic N) is 2. The Labute approximate surface area is 289 Å². The molecular formula is C48H28N2. The number of benzene rings is 6. The van der Waals surface area contributed by atoms with Gasteiger partial charge in [-0.1, -0.05) is 121 Å². The molecule has 0 radical (unpaired) electrons. The first-order valence-corrected chi connectivity index (χ1v) is 17.5. The van der Waals surface area contributed by atoms with Crippen LogP contribution in [0.25, 0.3) is 54.2 Å². The van der Waals surface area contributed by atoms with E-state index in [1.54, 1.807) is 0 Å². The second kappa shape index (κ2) is 9.62. The number of allylic oxidation sites excluding steroid dienone is 14. The molecule has 6 aliphatic rings. The van der Waals surface area contributed by atoms with Crippen molar-refractivity contribution in [2.45, 2.75) is 0 Å². The van der Waals surface area contributed by atoms with Gasteiger partial charge >= 0.3 is 0 Å². The first-order chi connectivity index (χ1) is 24.8. The second-order valence-corrected chi connectivity index (χ2v) is 14.0. The highest BCUT2D eigenvalue weighted by Gasteiger charge is 2.47. The third-order valence-electron chi connectivity index (χ3n) is 11.5. The van der Waals surface area contributed by atoms with Crippen LogP contribution in [0.15, 0.2) is 201 Å². The SMILES string of the molecule is C1=CC2=NC3=C4C5=C(C=C(c6cc7ccccc7c7ccccc67)C(=C1)C25)N=C1C=CC=C(C(c2cc5ccccc5c5ccccc25)=C3)C14. The summed E-state index contributed by atoms with van der Waals surface area (Å²) in [6, 6.07) is 39.9. The third-order valence-corrected chi connectivity index (χ3v) is 11.5. The molecule has 0 fully saturated rings. The zero-order chi connectivity index (χ0) is 32.5. The quantitative estimate of drug-likeness (QED) is 0.170. The summed E-state index contributed by atoms with van der Waals surface area (Å²) >= 11 is 0. The first kappa shape index (κ1) is 26.6. The minimum absolute atomic E-state index is 0.0490. The smallest absolute Gasteiger partial charge is 0.0685 e. The minimum atomic E-state index is 0.0490. The summed E-state index contributed by atoms with van der Waals surface area (Å²) in [7, 11) is 0. The lowest BCUT2D eigenvalue weighted by molar-refractivity contribution is 0.818. The molecule has 230 valence electrons. The fraction of sp³-hybridized carbons (Fsp3) is 0.0417. The van der Waals surface area contributed by atoms with Crippen LogP contribution in [0, 0.1) is 11.8 Å². The summed E-state index contributed by atoms with van der Waals surface area (Å²) < 4.78 is 0. The summed E-state index contributed by atoms with van der Waals surface area (Å²) in [6.45, 7) is 0. The van der Waals surface area contributed by atoms with E-state index in [0.29, 0.717) is 0 Å². The van der Waals surface area contributed by atoms with Crippen LogP contribution in [0.2, 0.25) is 0 Å². The maximum absolute atomic E-state index is 5.54. The second-order valence-electron chi connectivity index (χ2n) is 14.0. The van der Waals surface area contributed by atoms with Crippen molar-refractivity contribution in [2.24, 2.45) is 21.8 Å². The number of hydrogen-bond donors (Lipinski definition) is 0. The normalized spacial score (nSPS) is 21.2. The molecule has 0 amide bonds. The van der Waals surface area contributed by atoms with Crippen LogP contribution in [0.5, 0.6) is 0 Å². The average Bonchev–Trinajstić information content (AvgIpc) is 3.18. The Morgan fingerprint density at radius 2 is 0.820 bits per heavy atom. The van der Waals surface area contributed by atoms with Gasteiger partial charge in [0.25, 0.3) is 0 Å². The van der Waals surface area contributed by atoms with E-state index in [2.05, 4.69) is 158 Å². The van der Waals surface area contributed by atoms with Gasteiger partial charge in [-0.25, -0.2) is 0 Å². The van der Waals surface area contributed by atoms with Crippen molar-refractivity contribution in [2.75, 3.05) is 0 Å². The van der Waals surface area contributed by atoms with Crippen molar-refractivity contribution in [1.29, 1.82) is 0 Å². The first-order valence-electron chi connectivity index (χ1n) is 17.5. The molecule has 50 heavy (non-hydrogen) atoms. The van der Waals surface area contributed by atoms with Crippen LogP contribution in [0.4, 0.5) is 0 Å². The van der Waals surface area contributed by atoms with E-state index in [9.17, 15) is 0 Å². The number of rotatable bonds is 2. The molecule has 2 nitrogen and oxygen atoms in total. The zero-order valence-electron chi connectivity index (χ0n) is 27.1. The molecule has 4 aliphatic carbocycles. The van der Waals surface area contributed by atoms with Gasteiger partial charge in [-0.3, -0.25) is 9.98 Å². The molecule has 12 rings (SSSR count). The Bertz CT molecular complexity index is 2760. The van der Waals surface area contributed by atoms with Gasteiger partial charge in [0, 0.05) is 0 Å². The predicted octanol–water partition coefficient (Wildman–Crippen LogP) is 11.4. The van der Waals surface area contributed by atoms with Crippen LogP contribution < -0.4 is 0 Å². The van der Waals surface area contributed by atoms with E-state index in [0.717, 1.165) is 22.8 Å². The van der Waals surface area contributed by atoms with E-state index in [4.69, 9.17) is 9.98 Å². The van der Waals surface area contributed by atoms with Crippen LogP contribution in [-0.2, 0) is 0 Å². The summed E-state index contributed by atoms with van der Waals surface area (Å²) in [5, 5.41) is 10.2. The fourth-order valence-corrected chi connectivity index (χ4v) is 9.47. The van der Waals surface area contributed by atoms with Gasteiger partial charge in [-0.15, -0.1) is 0 Å². The number of hydrogen-bond acceptors (Lipinski definition) is 2. The van der Waals surface area contributed by atoms with Gasteiger partial charge in [0.1, 0.15) is 0 Å². The Balaban J connectivity index is 1.13. The Morgan fingerprint density at radius 1 is 0.420 bits per heavy atom. The van der Waals surface area contributed by atoms with Gasteiger partial charge in [0.2, 0.25) is 0 Å². The van der Waals surface area contributed by atoms with Gasteiger partial charge in [0.05, 0.1) is 34.7 Å². The van der Waals surface area contributed by atoms with Crippen molar-refractivity contribution in [3.05, 3.63) is 203 Å². The molecule has 2 aliphatic heterocycles. The maximum Gasteiger partial charge on any atom is 0.0685 e. The van der Waals surface area contributed by atoms with Crippen LogP contribution >= 0.6 is 0 Å². The van der Waals surface area contributed by atoms with E-state index >= 15 is 0 Å². The molecule has 0 bridgehead atoms. The highest BCUT2D eigenvalue weighted by molar-refractivity contribution is 6.20. The molecule has 0 saturated carbocycles. The molecule has 0 spiro atoms. The fourth-order valence-electron chi connectivity index (χ4n) is 9.47. The van der Waals surface area contributed by atoms with Gasteiger partial charge in [0.15, 0.2) is 0 Å². The van der Waals surface area contributed by atoms with Crippen molar-refractivity contribution in [1.82, 2.24) is 0 Å². The van der Waals surface area contributed by atoms with Crippen molar-refractivity contribution in [3.63, 3.8) is 0 Å². The van der Waals surface area contributed by atoms with Crippen LogP contribution in [-0.4, -0.2) is 11.4 Å². The standard InChI is InChI=1S/C48H28N2/c1-3-13-29-27(11-1)23-37(33-17-7-5-15-31(29)33)39-25-43-47-45-35(39)19-9-21-41(45)50-44-26-40(36-20-10-22-42(49-43)46(36)48(44)47)38-24-28-12-2-4-14-30(28)32-16-6-8-18-34(32)38/h1-26,45-46H.